The molecule has 2 nitrogen and oxygen atoms in total. The van der Waals surface area contributed by atoms with Crippen molar-refractivity contribution in [1.29, 1.82) is 0 Å². The van der Waals surface area contributed by atoms with Gasteiger partial charge >= 0.3 is 0 Å². The van der Waals surface area contributed by atoms with Crippen LogP contribution in [0.15, 0.2) is 60.9 Å². The Morgan fingerprint density at radius 1 is 0.952 bits per heavy atom. The molecule has 0 bridgehead atoms. The minimum absolute atomic E-state index is 0.0727. The summed E-state index contributed by atoms with van der Waals surface area (Å²) in [6.07, 6.45) is 5.93. The van der Waals surface area contributed by atoms with Crippen LogP contribution in [0.2, 0.25) is 0 Å². The lowest BCUT2D eigenvalue weighted by molar-refractivity contribution is 0.456. The number of hydrogen-bond donors (Lipinski definition) is 1. The standard InChI is InChI=1S/C19H18N2/c20-19(16-10-13-4-1-2-5-14(13)11-16)18-7-3-6-15-12-21-9-8-17(15)18/h1-9,12,16,19H,10-11,20H2. The Hall–Kier alpha value is -2.19. The summed E-state index contributed by atoms with van der Waals surface area (Å²) in [5, 5.41) is 2.40. The van der Waals surface area contributed by atoms with Crippen LogP contribution in [0.5, 0.6) is 0 Å². The van der Waals surface area contributed by atoms with Crippen molar-refractivity contribution in [2.45, 2.75) is 18.9 Å². The third-order valence-electron chi connectivity index (χ3n) is 4.66. The second-order valence-electron chi connectivity index (χ2n) is 5.91. The Morgan fingerprint density at radius 3 is 2.48 bits per heavy atom. The predicted octanol–water partition coefficient (Wildman–Crippen LogP) is 3.65. The molecule has 0 amide bonds. The molecule has 1 aliphatic carbocycles. The molecule has 4 rings (SSSR count). The minimum Gasteiger partial charge on any atom is -0.324 e. The first-order valence-electron chi connectivity index (χ1n) is 7.48. The first kappa shape index (κ1) is 12.5. The molecule has 2 N–H and O–H groups in total. The number of benzene rings is 2. The zero-order chi connectivity index (χ0) is 14.2. The third-order valence-corrected chi connectivity index (χ3v) is 4.66. The third kappa shape index (κ3) is 2.12. The molecule has 2 aromatic carbocycles. The molecule has 0 radical (unpaired) electrons. The molecule has 1 heterocycles. The summed E-state index contributed by atoms with van der Waals surface area (Å²) in [4.78, 5) is 4.20. The van der Waals surface area contributed by atoms with Gasteiger partial charge in [0.05, 0.1) is 0 Å². The fraction of sp³-hybridized carbons (Fsp3) is 0.211. The summed E-state index contributed by atoms with van der Waals surface area (Å²) in [6, 6.07) is 17.2. The highest BCUT2D eigenvalue weighted by molar-refractivity contribution is 5.85. The number of nitrogens with zero attached hydrogens (tertiary/aromatic N) is 1. The number of fused-ring (bicyclic) bond motifs is 2. The number of rotatable bonds is 2. The number of nitrogens with two attached hydrogens (primary N) is 1. The van der Waals surface area contributed by atoms with Gasteiger partial charge in [0.25, 0.3) is 0 Å². The van der Waals surface area contributed by atoms with Crippen molar-refractivity contribution >= 4 is 10.8 Å². The molecule has 0 fully saturated rings. The van der Waals surface area contributed by atoms with Crippen LogP contribution in [0.1, 0.15) is 22.7 Å². The van der Waals surface area contributed by atoms with Crippen molar-refractivity contribution in [3.63, 3.8) is 0 Å². The predicted molar refractivity (Wildman–Crippen MR) is 86.0 cm³/mol. The van der Waals surface area contributed by atoms with E-state index >= 15 is 0 Å². The van der Waals surface area contributed by atoms with Crippen molar-refractivity contribution in [1.82, 2.24) is 4.98 Å². The van der Waals surface area contributed by atoms with E-state index in [1.807, 2.05) is 12.4 Å². The first-order valence-corrected chi connectivity index (χ1v) is 7.48. The monoisotopic (exact) mass is 274 g/mol. The van der Waals surface area contributed by atoms with Crippen LogP contribution in [0.25, 0.3) is 10.8 Å². The van der Waals surface area contributed by atoms with E-state index in [2.05, 4.69) is 53.5 Å². The molecule has 0 aliphatic heterocycles. The molecular weight excluding hydrogens is 256 g/mol. The van der Waals surface area contributed by atoms with E-state index in [1.54, 1.807) is 0 Å². The molecule has 2 heteroatoms. The maximum absolute atomic E-state index is 6.63. The van der Waals surface area contributed by atoms with Crippen LogP contribution < -0.4 is 5.73 Å². The Balaban J connectivity index is 1.71. The van der Waals surface area contributed by atoms with E-state index in [4.69, 9.17) is 5.73 Å². The lowest BCUT2D eigenvalue weighted by Gasteiger charge is -2.21. The largest absolute Gasteiger partial charge is 0.324 e. The van der Waals surface area contributed by atoms with Crippen LogP contribution in [0.4, 0.5) is 0 Å². The van der Waals surface area contributed by atoms with Gasteiger partial charge in [-0.1, -0.05) is 42.5 Å². The first-order chi connectivity index (χ1) is 10.3. The van der Waals surface area contributed by atoms with Crippen LogP contribution in [0.3, 0.4) is 0 Å². The maximum atomic E-state index is 6.63. The second-order valence-corrected chi connectivity index (χ2v) is 5.91. The summed E-state index contributed by atoms with van der Waals surface area (Å²) in [6.45, 7) is 0. The van der Waals surface area contributed by atoms with E-state index < -0.39 is 0 Å². The Morgan fingerprint density at radius 2 is 1.71 bits per heavy atom. The SMILES string of the molecule is NC(c1cccc2cnccc12)C1Cc2ccccc2C1. The fourth-order valence-corrected chi connectivity index (χ4v) is 3.54. The molecule has 1 atom stereocenters. The molecule has 0 spiro atoms. The number of pyridine rings is 1. The molecule has 1 aromatic heterocycles. The van der Waals surface area contributed by atoms with Crippen molar-refractivity contribution < 1.29 is 0 Å². The molecule has 3 aromatic rings. The molecule has 1 unspecified atom stereocenters. The van der Waals surface area contributed by atoms with Crippen molar-refractivity contribution in [2.75, 3.05) is 0 Å². The van der Waals surface area contributed by atoms with E-state index in [9.17, 15) is 0 Å². The van der Waals surface area contributed by atoms with Crippen molar-refractivity contribution in [3.8, 4) is 0 Å². The Labute approximate surface area is 124 Å². The van der Waals surface area contributed by atoms with E-state index in [1.165, 1.54) is 27.5 Å². The highest BCUT2D eigenvalue weighted by Crippen LogP contribution is 2.36. The normalized spacial score (nSPS) is 16.0. The zero-order valence-corrected chi connectivity index (χ0v) is 11.9. The highest BCUT2D eigenvalue weighted by atomic mass is 14.7. The van der Waals surface area contributed by atoms with Gasteiger partial charge in [0.1, 0.15) is 0 Å². The molecule has 0 saturated carbocycles. The van der Waals surface area contributed by atoms with Gasteiger partial charge in [-0.15, -0.1) is 0 Å². The van der Waals surface area contributed by atoms with E-state index in [0.717, 1.165) is 12.8 Å². The molecular formula is C19H18N2. The van der Waals surface area contributed by atoms with Gasteiger partial charge in [-0.2, -0.15) is 0 Å². The Bertz CT molecular complexity index is 764. The average Bonchev–Trinajstić information content (AvgIpc) is 2.97. The average molecular weight is 274 g/mol. The fourth-order valence-electron chi connectivity index (χ4n) is 3.54. The van der Waals surface area contributed by atoms with Gasteiger partial charge in [0.15, 0.2) is 0 Å². The summed E-state index contributed by atoms with van der Waals surface area (Å²) in [7, 11) is 0. The highest BCUT2D eigenvalue weighted by Gasteiger charge is 2.27. The molecule has 0 saturated heterocycles. The summed E-state index contributed by atoms with van der Waals surface area (Å²) < 4.78 is 0. The van der Waals surface area contributed by atoms with E-state index in [-0.39, 0.29) is 6.04 Å². The van der Waals surface area contributed by atoms with Gasteiger partial charge in [-0.05, 0) is 46.9 Å². The minimum atomic E-state index is 0.0727. The molecule has 1 aliphatic rings. The van der Waals surface area contributed by atoms with Gasteiger partial charge in [0.2, 0.25) is 0 Å². The van der Waals surface area contributed by atoms with Gasteiger partial charge < -0.3 is 5.73 Å². The van der Waals surface area contributed by atoms with Crippen molar-refractivity contribution in [2.24, 2.45) is 11.7 Å². The molecule has 104 valence electrons. The van der Waals surface area contributed by atoms with Crippen LogP contribution in [-0.2, 0) is 12.8 Å². The summed E-state index contributed by atoms with van der Waals surface area (Å²) in [5.74, 6) is 0.487. The van der Waals surface area contributed by atoms with Crippen LogP contribution in [0, 0.1) is 5.92 Å². The number of hydrogen-bond acceptors (Lipinski definition) is 2. The lowest BCUT2D eigenvalue weighted by atomic mass is 9.89. The number of aromatic nitrogens is 1. The van der Waals surface area contributed by atoms with Crippen LogP contribution in [-0.4, -0.2) is 4.98 Å². The van der Waals surface area contributed by atoms with Crippen LogP contribution >= 0.6 is 0 Å². The quantitative estimate of drug-likeness (QED) is 0.774. The molecule has 21 heavy (non-hydrogen) atoms. The topological polar surface area (TPSA) is 38.9 Å². The lowest BCUT2D eigenvalue weighted by Crippen LogP contribution is -2.22. The van der Waals surface area contributed by atoms with E-state index in [0.29, 0.717) is 5.92 Å². The summed E-state index contributed by atoms with van der Waals surface area (Å²) in [5.41, 5.74) is 10.8. The second kappa shape index (κ2) is 4.97. The van der Waals surface area contributed by atoms with Gasteiger partial charge in [-0.25, -0.2) is 0 Å². The Kier molecular flexibility index (Phi) is 2.97. The smallest absolute Gasteiger partial charge is 0.0346 e. The van der Waals surface area contributed by atoms with Gasteiger partial charge in [0, 0.05) is 23.8 Å². The summed E-state index contributed by atoms with van der Waals surface area (Å²) >= 11 is 0. The maximum Gasteiger partial charge on any atom is 0.0346 e. The zero-order valence-electron chi connectivity index (χ0n) is 11.9. The van der Waals surface area contributed by atoms with Gasteiger partial charge in [-0.3, -0.25) is 4.98 Å². The van der Waals surface area contributed by atoms with Crippen molar-refractivity contribution in [3.05, 3.63) is 77.6 Å².